The first kappa shape index (κ1) is 20.7. The molecule has 0 saturated carbocycles. The molecule has 2 aromatic rings. The van der Waals surface area contributed by atoms with Crippen LogP contribution < -0.4 is 20.3 Å². The van der Waals surface area contributed by atoms with E-state index in [2.05, 4.69) is 10.9 Å². The normalized spacial score (nSPS) is 9.89. The minimum absolute atomic E-state index is 0.294. The third-order valence-electron chi connectivity index (χ3n) is 3.69. The summed E-state index contributed by atoms with van der Waals surface area (Å²) in [4.78, 5) is 24.1. The van der Waals surface area contributed by atoms with Crippen LogP contribution in [0.15, 0.2) is 42.5 Å². The van der Waals surface area contributed by atoms with Gasteiger partial charge < -0.3 is 14.2 Å². The number of nitrogens with zero attached hydrogens (tertiary/aromatic N) is 1. The van der Waals surface area contributed by atoms with Gasteiger partial charge in [0.15, 0.2) is 6.61 Å². The van der Waals surface area contributed by atoms with E-state index in [1.165, 1.54) is 7.11 Å². The molecule has 0 aromatic heterocycles. The average Bonchev–Trinajstić information content (AvgIpc) is 2.74. The number of carbonyl (C=O) groups is 2. The van der Waals surface area contributed by atoms with E-state index in [0.29, 0.717) is 35.8 Å². The standard InChI is InChI=1S/C20H21N3O5/c1-3-27-12-16-10-14(8-9-17(16)26-2)20(25)23-22-19(24)13-28-18-7-5-4-6-15(18)11-21/h4-10H,3,12-13H2,1-2H3,(H,22,24)(H,23,25). The third kappa shape index (κ3) is 5.72. The number of rotatable bonds is 8. The fourth-order valence-electron chi connectivity index (χ4n) is 2.31. The van der Waals surface area contributed by atoms with Gasteiger partial charge >= 0.3 is 0 Å². The first-order valence-corrected chi connectivity index (χ1v) is 8.54. The number of amides is 2. The zero-order valence-electron chi connectivity index (χ0n) is 15.7. The van der Waals surface area contributed by atoms with Crippen LogP contribution in [-0.2, 0) is 16.1 Å². The van der Waals surface area contributed by atoms with Crippen molar-refractivity contribution in [3.8, 4) is 17.6 Å². The number of para-hydroxylation sites is 1. The molecular formula is C20H21N3O5. The molecule has 0 bridgehead atoms. The van der Waals surface area contributed by atoms with Crippen LogP contribution in [0.25, 0.3) is 0 Å². The zero-order valence-corrected chi connectivity index (χ0v) is 15.7. The van der Waals surface area contributed by atoms with Crippen molar-refractivity contribution in [3.05, 3.63) is 59.2 Å². The fraction of sp³-hybridized carbons (Fsp3) is 0.250. The molecule has 0 aliphatic heterocycles. The maximum atomic E-state index is 12.3. The highest BCUT2D eigenvalue weighted by Crippen LogP contribution is 2.21. The quantitative estimate of drug-likeness (QED) is 0.674. The van der Waals surface area contributed by atoms with E-state index in [1.54, 1.807) is 42.5 Å². The highest BCUT2D eigenvalue weighted by Gasteiger charge is 2.12. The van der Waals surface area contributed by atoms with E-state index >= 15 is 0 Å². The van der Waals surface area contributed by atoms with Gasteiger partial charge in [-0.3, -0.25) is 20.4 Å². The largest absolute Gasteiger partial charge is 0.496 e. The van der Waals surface area contributed by atoms with Crippen molar-refractivity contribution in [3.63, 3.8) is 0 Å². The van der Waals surface area contributed by atoms with E-state index in [1.807, 2.05) is 13.0 Å². The molecule has 8 heteroatoms. The zero-order chi connectivity index (χ0) is 20.4. The average molecular weight is 383 g/mol. The Bertz CT molecular complexity index is 876. The number of hydrazine groups is 1. The van der Waals surface area contributed by atoms with Crippen LogP contribution in [-0.4, -0.2) is 32.1 Å². The molecule has 2 amide bonds. The van der Waals surface area contributed by atoms with Gasteiger partial charge in [0, 0.05) is 17.7 Å². The number of hydrogen-bond donors (Lipinski definition) is 2. The Hall–Kier alpha value is -3.57. The SMILES string of the molecule is CCOCc1cc(C(=O)NNC(=O)COc2ccccc2C#N)ccc1OC. The van der Waals surface area contributed by atoms with E-state index < -0.39 is 11.8 Å². The summed E-state index contributed by atoms with van der Waals surface area (Å²) in [5.74, 6) is -0.156. The van der Waals surface area contributed by atoms with Gasteiger partial charge in [0.05, 0.1) is 19.3 Å². The molecule has 0 aliphatic carbocycles. The summed E-state index contributed by atoms with van der Waals surface area (Å²) >= 11 is 0. The Labute approximate surface area is 163 Å². The molecule has 0 fully saturated rings. The van der Waals surface area contributed by atoms with Crippen LogP contribution in [0.3, 0.4) is 0 Å². The van der Waals surface area contributed by atoms with E-state index in [0.717, 1.165) is 5.56 Å². The van der Waals surface area contributed by atoms with Gasteiger partial charge in [-0.05, 0) is 37.3 Å². The summed E-state index contributed by atoms with van der Waals surface area (Å²) in [5.41, 5.74) is 5.97. The summed E-state index contributed by atoms with van der Waals surface area (Å²) in [6.45, 7) is 2.36. The lowest BCUT2D eigenvalue weighted by Gasteiger charge is -2.12. The number of hydrogen-bond acceptors (Lipinski definition) is 6. The highest BCUT2D eigenvalue weighted by molar-refractivity contribution is 5.95. The number of benzene rings is 2. The van der Waals surface area contributed by atoms with E-state index in [4.69, 9.17) is 19.5 Å². The van der Waals surface area contributed by atoms with Crippen molar-refractivity contribution in [2.75, 3.05) is 20.3 Å². The minimum Gasteiger partial charge on any atom is -0.496 e. The van der Waals surface area contributed by atoms with Crippen molar-refractivity contribution < 1.29 is 23.8 Å². The molecule has 0 saturated heterocycles. The Balaban J connectivity index is 1.90. The maximum absolute atomic E-state index is 12.3. The lowest BCUT2D eigenvalue weighted by Crippen LogP contribution is -2.43. The van der Waals surface area contributed by atoms with Crippen LogP contribution in [0.4, 0.5) is 0 Å². The molecule has 0 atom stereocenters. The summed E-state index contributed by atoms with van der Waals surface area (Å²) < 4.78 is 15.9. The number of nitrogens with one attached hydrogen (secondary N) is 2. The Morgan fingerprint density at radius 3 is 2.61 bits per heavy atom. The predicted octanol–water partition coefficient (Wildman–Crippen LogP) is 1.94. The van der Waals surface area contributed by atoms with Crippen molar-refractivity contribution in [1.29, 1.82) is 5.26 Å². The van der Waals surface area contributed by atoms with Gasteiger partial charge in [0.25, 0.3) is 11.8 Å². The Morgan fingerprint density at radius 1 is 1.11 bits per heavy atom. The number of nitriles is 1. The second kappa shape index (κ2) is 10.5. The lowest BCUT2D eigenvalue weighted by molar-refractivity contribution is -0.123. The van der Waals surface area contributed by atoms with Crippen LogP contribution in [0, 0.1) is 11.3 Å². The molecule has 0 spiro atoms. The van der Waals surface area contributed by atoms with Crippen molar-refractivity contribution in [2.45, 2.75) is 13.5 Å². The van der Waals surface area contributed by atoms with Crippen LogP contribution in [0.1, 0.15) is 28.4 Å². The van der Waals surface area contributed by atoms with Crippen LogP contribution in [0.2, 0.25) is 0 Å². The van der Waals surface area contributed by atoms with Gasteiger partial charge in [-0.25, -0.2) is 0 Å². The van der Waals surface area contributed by atoms with Gasteiger partial charge in [0.1, 0.15) is 17.6 Å². The maximum Gasteiger partial charge on any atom is 0.276 e. The second-order valence-electron chi connectivity index (χ2n) is 5.56. The predicted molar refractivity (Wildman–Crippen MR) is 101 cm³/mol. The summed E-state index contributed by atoms with van der Waals surface area (Å²) in [6, 6.07) is 13.4. The molecule has 8 nitrogen and oxygen atoms in total. The van der Waals surface area contributed by atoms with Crippen molar-refractivity contribution >= 4 is 11.8 Å². The molecule has 2 aromatic carbocycles. The van der Waals surface area contributed by atoms with Crippen LogP contribution >= 0.6 is 0 Å². The number of carbonyl (C=O) groups excluding carboxylic acids is 2. The fourth-order valence-corrected chi connectivity index (χ4v) is 2.31. The molecule has 2 rings (SSSR count). The molecule has 0 radical (unpaired) electrons. The Morgan fingerprint density at radius 2 is 1.89 bits per heavy atom. The van der Waals surface area contributed by atoms with Crippen LogP contribution in [0.5, 0.6) is 11.5 Å². The molecule has 0 heterocycles. The van der Waals surface area contributed by atoms with Gasteiger partial charge in [-0.15, -0.1) is 0 Å². The Kier molecular flexibility index (Phi) is 7.81. The third-order valence-corrected chi connectivity index (χ3v) is 3.69. The minimum atomic E-state index is -0.566. The van der Waals surface area contributed by atoms with E-state index in [-0.39, 0.29) is 6.61 Å². The summed E-state index contributed by atoms with van der Waals surface area (Å²) in [7, 11) is 1.54. The first-order chi connectivity index (χ1) is 13.6. The smallest absolute Gasteiger partial charge is 0.276 e. The number of methoxy groups -OCH3 is 1. The molecule has 0 unspecified atom stereocenters. The first-order valence-electron chi connectivity index (χ1n) is 8.54. The van der Waals surface area contributed by atoms with E-state index in [9.17, 15) is 9.59 Å². The second-order valence-corrected chi connectivity index (χ2v) is 5.56. The van der Waals surface area contributed by atoms with Crippen molar-refractivity contribution in [2.24, 2.45) is 0 Å². The summed E-state index contributed by atoms with van der Waals surface area (Å²) in [6.07, 6.45) is 0. The topological polar surface area (TPSA) is 110 Å². The molecular weight excluding hydrogens is 362 g/mol. The lowest BCUT2D eigenvalue weighted by atomic mass is 10.1. The molecule has 28 heavy (non-hydrogen) atoms. The molecule has 146 valence electrons. The number of ether oxygens (including phenoxy) is 3. The monoisotopic (exact) mass is 383 g/mol. The molecule has 2 N–H and O–H groups in total. The van der Waals surface area contributed by atoms with Gasteiger partial charge in [-0.1, -0.05) is 12.1 Å². The highest BCUT2D eigenvalue weighted by atomic mass is 16.5. The molecule has 0 aliphatic rings. The van der Waals surface area contributed by atoms with Gasteiger partial charge in [-0.2, -0.15) is 5.26 Å². The van der Waals surface area contributed by atoms with Crippen molar-refractivity contribution in [1.82, 2.24) is 10.9 Å². The summed E-state index contributed by atoms with van der Waals surface area (Å²) in [5, 5.41) is 8.99. The van der Waals surface area contributed by atoms with Gasteiger partial charge in [0.2, 0.25) is 0 Å².